The summed E-state index contributed by atoms with van der Waals surface area (Å²) in [5.74, 6) is 0.133. The van der Waals surface area contributed by atoms with Crippen molar-refractivity contribution in [2.45, 2.75) is 37.7 Å². The molecule has 1 aliphatic rings. The molecule has 1 aliphatic heterocycles. The van der Waals surface area contributed by atoms with Gasteiger partial charge < -0.3 is 10.1 Å². The van der Waals surface area contributed by atoms with Crippen LogP contribution in [0.5, 0.6) is 0 Å². The summed E-state index contributed by atoms with van der Waals surface area (Å²) in [5, 5.41) is 13.6. The number of aryl methyl sites for hydroxylation is 1. The predicted octanol–water partition coefficient (Wildman–Crippen LogP) is 2.55. The topological polar surface area (TPSA) is 93.0 Å². The molecule has 0 spiro atoms. The van der Waals surface area contributed by atoms with Gasteiger partial charge in [0.1, 0.15) is 6.17 Å². The Bertz CT molecular complexity index is 941. The van der Waals surface area contributed by atoms with Gasteiger partial charge in [-0.05, 0) is 6.42 Å². The fraction of sp³-hybridized carbons (Fsp3) is 0.500. The van der Waals surface area contributed by atoms with E-state index in [1.807, 2.05) is 0 Å². The van der Waals surface area contributed by atoms with Gasteiger partial charge in [-0.25, -0.2) is 8.91 Å². The summed E-state index contributed by atoms with van der Waals surface area (Å²) in [6, 6.07) is -0.522. The molecule has 4 rings (SSSR count). The molecule has 4 heterocycles. The number of ether oxygens (including phenoxy) is 1. The maximum absolute atomic E-state index is 14.0. The molecule has 3 aromatic rings. The summed E-state index contributed by atoms with van der Waals surface area (Å²) in [5.41, 5.74) is 1.39. The van der Waals surface area contributed by atoms with Crippen LogP contribution < -0.4 is 5.32 Å². The zero-order valence-corrected chi connectivity index (χ0v) is 14.6. The maximum Gasteiger partial charge on any atom is 0.389 e. The lowest BCUT2D eigenvalue weighted by Gasteiger charge is -2.26. The number of fused-ring (bicyclic) bond motifs is 1. The highest BCUT2D eigenvalue weighted by molar-refractivity contribution is 5.62. The lowest BCUT2D eigenvalue weighted by Crippen LogP contribution is -2.39. The van der Waals surface area contributed by atoms with E-state index < -0.39 is 24.8 Å². The van der Waals surface area contributed by atoms with Crippen LogP contribution in [0.15, 0.2) is 18.6 Å². The van der Waals surface area contributed by atoms with Crippen molar-refractivity contribution in [2.75, 3.05) is 18.5 Å². The number of rotatable bonds is 5. The largest absolute Gasteiger partial charge is 0.389 e. The van der Waals surface area contributed by atoms with Crippen LogP contribution >= 0.6 is 0 Å². The third-order valence-electron chi connectivity index (χ3n) is 4.49. The monoisotopic (exact) mass is 399 g/mol. The van der Waals surface area contributed by atoms with Crippen molar-refractivity contribution in [1.82, 2.24) is 29.8 Å². The van der Waals surface area contributed by atoms with Crippen LogP contribution in [-0.2, 0) is 11.2 Å². The van der Waals surface area contributed by atoms with Crippen molar-refractivity contribution >= 4 is 11.6 Å². The number of nitrogens with one attached hydrogen (secondary N) is 2. The average molecular weight is 399 g/mol. The standard InChI is InChI=1S/C16H17F4N7O/c17-10-8-28-4-2-11(10)24-15-25-13-7-21-14(9-5-22-23-6-9)12(27(13)26-15)1-3-16(18,19)20/h5-7,10-11H,1-4,8H2,(H,22,23)(H,24,26)/t10-,11+/m1/s1. The lowest BCUT2D eigenvalue weighted by atomic mass is 10.1. The molecule has 1 saturated heterocycles. The van der Waals surface area contributed by atoms with Gasteiger partial charge in [0.2, 0.25) is 5.95 Å². The zero-order valence-electron chi connectivity index (χ0n) is 14.6. The molecule has 150 valence electrons. The molecular formula is C16H17F4N7O. The Hall–Kier alpha value is -2.76. The summed E-state index contributed by atoms with van der Waals surface area (Å²) in [6.45, 7) is 0.391. The Labute approximate surface area is 156 Å². The van der Waals surface area contributed by atoms with Crippen molar-refractivity contribution in [3.63, 3.8) is 0 Å². The molecular weight excluding hydrogens is 382 g/mol. The number of halogens is 4. The molecule has 0 aromatic carbocycles. The van der Waals surface area contributed by atoms with Gasteiger partial charge in [0, 0.05) is 31.2 Å². The van der Waals surface area contributed by atoms with Crippen molar-refractivity contribution in [2.24, 2.45) is 0 Å². The number of nitrogens with zero attached hydrogens (tertiary/aromatic N) is 5. The van der Waals surface area contributed by atoms with Crippen molar-refractivity contribution in [3.05, 3.63) is 24.3 Å². The van der Waals surface area contributed by atoms with E-state index in [9.17, 15) is 17.6 Å². The predicted molar refractivity (Wildman–Crippen MR) is 90.5 cm³/mol. The fourth-order valence-electron chi connectivity index (χ4n) is 3.10. The summed E-state index contributed by atoms with van der Waals surface area (Å²) in [7, 11) is 0. The molecule has 12 heteroatoms. The van der Waals surface area contributed by atoms with Crippen LogP contribution in [0.4, 0.5) is 23.5 Å². The molecule has 2 N–H and O–H groups in total. The van der Waals surface area contributed by atoms with E-state index in [2.05, 4.69) is 30.6 Å². The molecule has 0 unspecified atom stereocenters. The van der Waals surface area contributed by atoms with E-state index in [0.717, 1.165) is 0 Å². The second-order valence-corrected chi connectivity index (χ2v) is 6.49. The second kappa shape index (κ2) is 7.34. The third kappa shape index (κ3) is 3.91. The minimum atomic E-state index is -4.33. The molecule has 0 amide bonds. The van der Waals surface area contributed by atoms with E-state index in [-0.39, 0.29) is 30.3 Å². The normalized spacial score (nSPS) is 20.6. The fourth-order valence-corrected chi connectivity index (χ4v) is 3.10. The highest BCUT2D eigenvalue weighted by Crippen LogP contribution is 2.27. The Morgan fingerprint density at radius 3 is 2.89 bits per heavy atom. The Morgan fingerprint density at radius 2 is 2.18 bits per heavy atom. The minimum Gasteiger partial charge on any atom is -0.378 e. The Kier molecular flexibility index (Phi) is 4.87. The van der Waals surface area contributed by atoms with Gasteiger partial charge in [-0.1, -0.05) is 0 Å². The van der Waals surface area contributed by atoms with Crippen molar-refractivity contribution in [1.29, 1.82) is 0 Å². The maximum atomic E-state index is 14.0. The van der Waals surface area contributed by atoms with Gasteiger partial charge in [0.05, 0.1) is 36.4 Å². The number of hydrogen-bond acceptors (Lipinski definition) is 6. The molecule has 2 atom stereocenters. The molecule has 0 aliphatic carbocycles. The van der Waals surface area contributed by atoms with Crippen molar-refractivity contribution < 1.29 is 22.3 Å². The minimum absolute atomic E-state index is 0.0198. The lowest BCUT2D eigenvalue weighted by molar-refractivity contribution is -0.134. The zero-order chi connectivity index (χ0) is 19.7. The first kappa shape index (κ1) is 18.6. The molecule has 0 saturated carbocycles. The number of aromatic amines is 1. The SMILES string of the molecule is F[C@@H]1COCC[C@@H]1Nc1nc2cnc(-c3cn[nH]c3)c(CCC(F)(F)F)n2n1. The number of alkyl halides is 4. The molecule has 8 nitrogen and oxygen atoms in total. The van der Waals surface area contributed by atoms with E-state index in [1.54, 1.807) is 0 Å². The first-order valence-electron chi connectivity index (χ1n) is 8.69. The van der Waals surface area contributed by atoms with E-state index in [1.165, 1.54) is 23.1 Å². The number of anilines is 1. The van der Waals surface area contributed by atoms with Gasteiger partial charge >= 0.3 is 6.18 Å². The Balaban J connectivity index is 1.70. The van der Waals surface area contributed by atoms with Crippen LogP contribution in [0.2, 0.25) is 0 Å². The first-order chi connectivity index (χ1) is 13.4. The van der Waals surface area contributed by atoms with Crippen LogP contribution in [0.3, 0.4) is 0 Å². The number of H-pyrrole nitrogens is 1. The Morgan fingerprint density at radius 1 is 1.32 bits per heavy atom. The first-order valence-corrected chi connectivity index (χ1v) is 8.69. The molecule has 3 aromatic heterocycles. The van der Waals surface area contributed by atoms with Crippen LogP contribution in [0.1, 0.15) is 18.5 Å². The van der Waals surface area contributed by atoms with Crippen molar-refractivity contribution in [3.8, 4) is 11.3 Å². The van der Waals surface area contributed by atoms with E-state index in [0.29, 0.717) is 24.3 Å². The summed E-state index contributed by atoms with van der Waals surface area (Å²) < 4.78 is 58.8. The van der Waals surface area contributed by atoms with Crippen LogP contribution in [-0.4, -0.2) is 61.4 Å². The molecule has 1 fully saturated rings. The third-order valence-corrected chi connectivity index (χ3v) is 4.49. The van der Waals surface area contributed by atoms with Gasteiger partial charge in [-0.15, -0.1) is 5.10 Å². The van der Waals surface area contributed by atoms with E-state index in [4.69, 9.17) is 4.74 Å². The number of aromatic nitrogens is 6. The van der Waals surface area contributed by atoms with Gasteiger partial charge in [-0.3, -0.25) is 10.1 Å². The van der Waals surface area contributed by atoms with Crippen LogP contribution in [0, 0.1) is 0 Å². The molecule has 28 heavy (non-hydrogen) atoms. The van der Waals surface area contributed by atoms with E-state index >= 15 is 0 Å². The highest BCUT2D eigenvalue weighted by Gasteiger charge is 2.29. The van der Waals surface area contributed by atoms with Gasteiger partial charge in [0.25, 0.3) is 0 Å². The highest BCUT2D eigenvalue weighted by atomic mass is 19.4. The average Bonchev–Trinajstić information content (AvgIpc) is 3.30. The number of hydrogen-bond donors (Lipinski definition) is 2. The second-order valence-electron chi connectivity index (χ2n) is 6.49. The molecule has 0 radical (unpaired) electrons. The van der Waals surface area contributed by atoms with Crippen LogP contribution in [0.25, 0.3) is 16.9 Å². The quantitative estimate of drug-likeness (QED) is 0.641. The summed E-state index contributed by atoms with van der Waals surface area (Å²) in [6.07, 6.45) is -2.06. The molecule has 0 bridgehead atoms. The summed E-state index contributed by atoms with van der Waals surface area (Å²) >= 11 is 0. The summed E-state index contributed by atoms with van der Waals surface area (Å²) in [4.78, 5) is 8.49. The van der Waals surface area contributed by atoms with Gasteiger partial charge in [-0.2, -0.15) is 23.3 Å². The smallest absolute Gasteiger partial charge is 0.378 e. The van der Waals surface area contributed by atoms with Gasteiger partial charge in [0.15, 0.2) is 5.65 Å².